The number of hydrogen-bond acceptors (Lipinski definition) is 4. The molecular weight excluding hydrogens is 242 g/mol. The van der Waals surface area contributed by atoms with Gasteiger partial charge in [0.05, 0.1) is 12.0 Å². The molecule has 0 amide bonds. The summed E-state index contributed by atoms with van der Waals surface area (Å²) in [6, 6.07) is -0.117. The Bertz CT molecular complexity index is 448. The van der Waals surface area contributed by atoms with Crippen molar-refractivity contribution in [3.05, 3.63) is 18.2 Å². The van der Waals surface area contributed by atoms with Crippen LogP contribution in [-0.2, 0) is 23.1 Å². The van der Waals surface area contributed by atoms with E-state index in [0.29, 0.717) is 0 Å². The van der Waals surface area contributed by atoms with Crippen LogP contribution in [-0.4, -0.2) is 38.6 Å². The predicted molar refractivity (Wildman–Crippen MR) is 72.5 cm³/mol. The first kappa shape index (κ1) is 14.1. The molecule has 5 heteroatoms. The number of carbonyl (C=O) groups is 1. The van der Waals surface area contributed by atoms with Gasteiger partial charge >= 0.3 is 5.97 Å². The summed E-state index contributed by atoms with van der Waals surface area (Å²) in [4.78, 5) is 18.5. The zero-order valence-corrected chi connectivity index (χ0v) is 12.2. The van der Waals surface area contributed by atoms with Crippen molar-refractivity contribution in [3.8, 4) is 0 Å². The summed E-state index contributed by atoms with van der Waals surface area (Å²) in [5, 5.41) is 0. The second kappa shape index (κ2) is 5.33. The molecule has 0 radical (unpaired) electrons. The first-order valence-corrected chi connectivity index (χ1v) is 6.79. The molecule has 1 aromatic rings. The lowest BCUT2D eigenvalue weighted by Gasteiger charge is -2.27. The Labute approximate surface area is 114 Å². The molecule has 0 aromatic carbocycles. The Kier molecular flexibility index (Phi) is 3.94. The van der Waals surface area contributed by atoms with Crippen molar-refractivity contribution in [2.75, 3.05) is 6.54 Å². The summed E-state index contributed by atoms with van der Waals surface area (Å²) >= 11 is 0. The van der Waals surface area contributed by atoms with Crippen LogP contribution < -0.4 is 0 Å². The summed E-state index contributed by atoms with van der Waals surface area (Å²) < 4.78 is 7.49. The third-order valence-corrected chi connectivity index (χ3v) is 3.32. The summed E-state index contributed by atoms with van der Waals surface area (Å²) in [6.45, 7) is 7.41. The minimum atomic E-state index is -0.419. The maximum atomic E-state index is 12.2. The summed E-state index contributed by atoms with van der Waals surface area (Å²) in [7, 11) is 1.97. The van der Waals surface area contributed by atoms with Gasteiger partial charge in [-0.1, -0.05) is 0 Å². The Morgan fingerprint density at radius 2 is 2.26 bits per heavy atom. The van der Waals surface area contributed by atoms with E-state index >= 15 is 0 Å². The quantitative estimate of drug-likeness (QED) is 0.781. The molecule has 5 nitrogen and oxygen atoms in total. The van der Waals surface area contributed by atoms with Crippen LogP contribution in [0, 0.1) is 0 Å². The number of aryl methyl sites for hydroxylation is 1. The number of esters is 1. The maximum absolute atomic E-state index is 12.2. The second-order valence-corrected chi connectivity index (χ2v) is 6.16. The van der Waals surface area contributed by atoms with Gasteiger partial charge < -0.3 is 9.30 Å². The first-order valence-electron chi connectivity index (χ1n) is 6.79. The van der Waals surface area contributed by atoms with E-state index in [1.54, 1.807) is 6.33 Å². The molecule has 106 valence electrons. The fraction of sp³-hybridized carbons (Fsp3) is 0.714. The predicted octanol–water partition coefficient (Wildman–Crippen LogP) is 1.73. The smallest absolute Gasteiger partial charge is 0.323 e. The van der Waals surface area contributed by atoms with Crippen LogP contribution in [0.5, 0.6) is 0 Å². The highest BCUT2D eigenvalue weighted by molar-refractivity contribution is 5.76. The van der Waals surface area contributed by atoms with Crippen molar-refractivity contribution in [2.45, 2.75) is 51.8 Å². The van der Waals surface area contributed by atoms with Crippen molar-refractivity contribution < 1.29 is 9.53 Å². The third-order valence-electron chi connectivity index (χ3n) is 3.32. The molecule has 0 aliphatic carbocycles. The normalized spacial score (nSPS) is 20.7. The fourth-order valence-electron chi connectivity index (χ4n) is 2.40. The van der Waals surface area contributed by atoms with Crippen molar-refractivity contribution in [1.82, 2.24) is 14.5 Å². The van der Waals surface area contributed by atoms with Gasteiger partial charge in [-0.25, -0.2) is 4.98 Å². The van der Waals surface area contributed by atoms with Gasteiger partial charge in [0.2, 0.25) is 0 Å². The third kappa shape index (κ3) is 3.56. The standard InChI is InChI=1S/C14H23N3O2/c1-14(2,3)19-13(18)12-6-5-7-17(12)9-11-8-15-10-16(11)4/h8,10,12H,5-7,9H2,1-4H3/t12-/m1/s1. The highest BCUT2D eigenvalue weighted by Gasteiger charge is 2.34. The molecule has 19 heavy (non-hydrogen) atoms. The number of imidazole rings is 1. The average molecular weight is 265 g/mol. The van der Waals surface area contributed by atoms with Gasteiger partial charge in [0.1, 0.15) is 11.6 Å². The Morgan fingerprint density at radius 3 is 2.84 bits per heavy atom. The molecule has 2 heterocycles. The molecule has 1 aromatic heterocycles. The molecule has 0 N–H and O–H groups in total. The largest absolute Gasteiger partial charge is 0.459 e. The molecule has 0 bridgehead atoms. The molecular formula is C14H23N3O2. The van der Waals surface area contributed by atoms with Crippen LogP contribution in [0.3, 0.4) is 0 Å². The van der Waals surface area contributed by atoms with Gasteiger partial charge in [0.15, 0.2) is 0 Å². The van der Waals surface area contributed by atoms with E-state index in [1.807, 2.05) is 38.6 Å². The topological polar surface area (TPSA) is 47.4 Å². The number of likely N-dealkylation sites (tertiary alicyclic amines) is 1. The van der Waals surface area contributed by atoms with E-state index in [4.69, 9.17) is 4.74 Å². The molecule has 2 rings (SSSR count). The molecule has 1 atom stereocenters. The van der Waals surface area contributed by atoms with Crippen molar-refractivity contribution >= 4 is 5.97 Å². The van der Waals surface area contributed by atoms with Crippen molar-refractivity contribution in [1.29, 1.82) is 0 Å². The Hall–Kier alpha value is -1.36. The summed E-state index contributed by atoms with van der Waals surface area (Å²) in [6.07, 6.45) is 5.56. The number of hydrogen-bond donors (Lipinski definition) is 0. The molecule has 0 spiro atoms. The van der Waals surface area contributed by atoms with Gasteiger partial charge in [-0.3, -0.25) is 9.69 Å². The van der Waals surface area contributed by atoms with E-state index in [9.17, 15) is 4.79 Å². The van der Waals surface area contributed by atoms with E-state index in [0.717, 1.165) is 31.6 Å². The zero-order chi connectivity index (χ0) is 14.0. The van der Waals surface area contributed by atoms with Crippen LogP contribution in [0.1, 0.15) is 39.3 Å². The molecule has 0 unspecified atom stereocenters. The second-order valence-electron chi connectivity index (χ2n) is 6.16. The number of rotatable bonds is 3. The van der Waals surface area contributed by atoms with E-state index in [2.05, 4.69) is 9.88 Å². The zero-order valence-electron chi connectivity index (χ0n) is 12.2. The SMILES string of the molecule is Cn1cncc1CN1CCC[C@@H]1C(=O)OC(C)(C)C. The van der Waals surface area contributed by atoms with Gasteiger partial charge in [-0.2, -0.15) is 0 Å². The number of carbonyl (C=O) groups excluding carboxylic acids is 1. The first-order chi connectivity index (χ1) is 8.87. The number of aromatic nitrogens is 2. The van der Waals surface area contributed by atoms with Gasteiger partial charge in [0, 0.05) is 19.8 Å². The lowest BCUT2D eigenvalue weighted by Crippen LogP contribution is -2.40. The minimum absolute atomic E-state index is 0.104. The number of nitrogens with zero attached hydrogens (tertiary/aromatic N) is 3. The monoisotopic (exact) mass is 265 g/mol. The highest BCUT2D eigenvalue weighted by atomic mass is 16.6. The van der Waals surface area contributed by atoms with Gasteiger partial charge in [-0.15, -0.1) is 0 Å². The molecule has 1 aliphatic rings. The number of ether oxygens (including phenoxy) is 1. The molecule has 1 fully saturated rings. The Morgan fingerprint density at radius 1 is 1.53 bits per heavy atom. The van der Waals surface area contributed by atoms with Gasteiger partial charge in [-0.05, 0) is 40.2 Å². The molecule has 1 aliphatic heterocycles. The fourth-order valence-corrected chi connectivity index (χ4v) is 2.40. The molecule has 1 saturated heterocycles. The van der Waals surface area contributed by atoms with Gasteiger partial charge in [0.25, 0.3) is 0 Å². The van der Waals surface area contributed by atoms with Crippen LogP contribution in [0.25, 0.3) is 0 Å². The summed E-state index contributed by atoms with van der Waals surface area (Å²) in [5.74, 6) is -0.104. The van der Waals surface area contributed by atoms with E-state index in [1.165, 1.54) is 0 Å². The molecule has 0 saturated carbocycles. The van der Waals surface area contributed by atoms with Crippen LogP contribution >= 0.6 is 0 Å². The lowest BCUT2D eigenvalue weighted by molar-refractivity contribution is -0.160. The Balaban J connectivity index is 2.01. The average Bonchev–Trinajstić information content (AvgIpc) is 2.87. The minimum Gasteiger partial charge on any atom is -0.459 e. The lowest BCUT2D eigenvalue weighted by atomic mass is 10.1. The van der Waals surface area contributed by atoms with E-state index in [-0.39, 0.29) is 12.0 Å². The summed E-state index contributed by atoms with van der Waals surface area (Å²) in [5.41, 5.74) is 0.702. The van der Waals surface area contributed by atoms with Crippen molar-refractivity contribution in [2.24, 2.45) is 7.05 Å². The van der Waals surface area contributed by atoms with Crippen LogP contribution in [0.4, 0.5) is 0 Å². The van der Waals surface area contributed by atoms with Crippen LogP contribution in [0.2, 0.25) is 0 Å². The highest BCUT2D eigenvalue weighted by Crippen LogP contribution is 2.22. The maximum Gasteiger partial charge on any atom is 0.323 e. The van der Waals surface area contributed by atoms with Crippen molar-refractivity contribution in [3.63, 3.8) is 0 Å². The van der Waals surface area contributed by atoms with E-state index < -0.39 is 5.60 Å². The van der Waals surface area contributed by atoms with Crippen LogP contribution in [0.15, 0.2) is 12.5 Å².